The van der Waals surface area contributed by atoms with E-state index in [1.165, 1.54) is 43.2 Å². The van der Waals surface area contributed by atoms with Crippen molar-refractivity contribution in [1.82, 2.24) is 0 Å². The van der Waals surface area contributed by atoms with E-state index in [0.29, 0.717) is 5.69 Å². The number of carbonyl (C=O) groups is 2. The van der Waals surface area contributed by atoms with Crippen LogP contribution in [0.5, 0.6) is 5.75 Å². The van der Waals surface area contributed by atoms with Gasteiger partial charge in [0, 0.05) is 17.8 Å². The molecule has 0 aliphatic carbocycles. The van der Waals surface area contributed by atoms with Crippen LogP contribution in [-0.2, 0) is 9.53 Å². The molecule has 0 aromatic heterocycles. The number of esters is 1. The molecule has 3 aromatic rings. The highest BCUT2D eigenvalue weighted by Gasteiger charge is 2.30. The molecular weight excluding hydrogens is 376 g/mol. The van der Waals surface area contributed by atoms with Gasteiger partial charge in [-0.1, -0.05) is 30.3 Å². The van der Waals surface area contributed by atoms with Crippen molar-refractivity contribution in [2.24, 2.45) is 0 Å². The van der Waals surface area contributed by atoms with Crippen LogP contribution in [0.3, 0.4) is 0 Å². The molecule has 0 unspecified atom stereocenters. The Kier molecular flexibility index (Phi) is 5.73. The lowest BCUT2D eigenvalue weighted by Crippen LogP contribution is -2.45. The maximum atomic E-state index is 12.9. The molecule has 3 aromatic carbocycles. The Morgan fingerprint density at radius 3 is 2.28 bits per heavy atom. The van der Waals surface area contributed by atoms with E-state index < -0.39 is 23.0 Å². The average Bonchev–Trinajstić information content (AvgIpc) is 2.73. The van der Waals surface area contributed by atoms with E-state index >= 15 is 0 Å². The number of nitrogens with zero attached hydrogens (tertiary/aromatic N) is 2. The number of fused-ring (bicyclic) bond motifs is 1. The second kappa shape index (κ2) is 8.39. The van der Waals surface area contributed by atoms with Crippen molar-refractivity contribution in [3.8, 4) is 5.75 Å². The van der Waals surface area contributed by atoms with E-state index in [2.05, 4.69) is 0 Å². The summed E-state index contributed by atoms with van der Waals surface area (Å²) < 4.78 is 10.1. The summed E-state index contributed by atoms with van der Waals surface area (Å²) >= 11 is 0. The number of nitro groups is 1. The van der Waals surface area contributed by atoms with Crippen LogP contribution < -0.4 is 9.64 Å². The molecule has 0 saturated carbocycles. The Hall–Kier alpha value is -3.94. The Morgan fingerprint density at radius 1 is 1.00 bits per heavy atom. The molecule has 0 bridgehead atoms. The topological polar surface area (TPSA) is 99.0 Å². The number of hydrogen-bond acceptors (Lipinski definition) is 6. The molecule has 0 aliphatic heterocycles. The SMILES string of the molecule is COC(=O)[C@H](C)N(C(=O)Oc1ccc([N+](=O)[O-])cc1)c1ccc2ccccc2c1. The molecule has 8 nitrogen and oxygen atoms in total. The van der Waals surface area contributed by atoms with Crippen LogP contribution in [0.1, 0.15) is 6.92 Å². The largest absolute Gasteiger partial charge is 0.467 e. The van der Waals surface area contributed by atoms with Crippen molar-refractivity contribution in [2.75, 3.05) is 12.0 Å². The predicted molar refractivity (Wildman–Crippen MR) is 107 cm³/mol. The molecule has 1 atom stereocenters. The van der Waals surface area contributed by atoms with Gasteiger partial charge in [-0.15, -0.1) is 0 Å². The van der Waals surface area contributed by atoms with E-state index in [-0.39, 0.29) is 11.4 Å². The maximum Gasteiger partial charge on any atom is 0.420 e. The van der Waals surface area contributed by atoms with Crippen molar-refractivity contribution < 1.29 is 24.0 Å². The summed E-state index contributed by atoms with van der Waals surface area (Å²) in [5, 5.41) is 12.6. The van der Waals surface area contributed by atoms with Crippen molar-refractivity contribution in [1.29, 1.82) is 0 Å². The van der Waals surface area contributed by atoms with Gasteiger partial charge in [-0.3, -0.25) is 15.0 Å². The first-order valence-electron chi connectivity index (χ1n) is 8.73. The van der Waals surface area contributed by atoms with Gasteiger partial charge in [-0.2, -0.15) is 0 Å². The zero-order chi connectivity index (χ0) is 21.0. The molecule has 0 saturated heterocycles. The molecule has 1 amide bonds. The Balaban J connectivity index is 1.94. The van der Waals surface area contributed by atoms with Gasteiger partial charge in [-0.25, -0.2) is 9.59 Å². The van der Waals surface area contributed by atoms with Gasteiger partial charge in [0.15, 0.2) is 0 Å². The minimum Gasteiger partial charge on any atom is -0.467 e. The van der Waals surface area contributed by atoms with Crippen molar-refractivity contribution in [2.45, 2.75) is 13.0 Å². The number of carbonyl (C=O) groups excluding carboxylic acids is 2. The van der Waals surface area contributed by atoms with Gasteiger partial charge in [0.05, 0.1) is 12.0 Å². The zero-order valence-electron chi connectivity index (χ0n) is 15.8. The highest BCUT2D eigenvalue weighted by atomic mass is 16.6. The van der Waals surface area contributed by atoms with Crippen molar-refractivity contribution in [3.63, 3.8) is 0 Å². The highest BCUT2D eigenvalue weighted by molar-refractivity contribution is 5.98. The van der Waals surface area contributed by atoms with Crippen LogP contribution in [0.2, 0.25) is 0 Å². The number of nitro benzene ring substituents is 1. The van der Waals surface area contributed by atoms with Gasteiger partial charge in [0.2, 0.25) is 0 Å². The lowest BCUT2D eigenvalue weighted by molar-refractivity contribution is -0.384. The number of anilines is 1. The highest BCUT2D eigenvalue weighted by Crippen LogP contribution is 2.26. The molecule has 0 aliphatic rings. The van der Waals surface area contributed by atoms with Gasteiger partial charge < -0.3 is 9.47 Å². The summed E-state index contributed by atoms with van der Waals surface area (Å²) in [7, 11) is 1.24. The minimum absolute atomic E-state index is 0.114. The van der Waals surface area contributed by atoms with Crippen LogP contribution in [0.4, 0.5) is 16.2 Å². The van der Waals surface area contributed by atoms with Crippen molar-refractivity contribution >= 4 is 34.2 Å². The monoisotopic (exact) mass is 394 g/mol. The lowest BCUT2D eigenvalue weighted by atomic mass is 10.1. The zero-order valence-corrected chi connectivity index (χ0v) is 15.8. The predicted octanol–water partition coefficient (Wildman–Crippen LogP) is 4.31. The quantitative estimate of drug-likeness (QED) is 0.363. The van der Waals surface area contributed by atoms with Gasteiger partial charge >= 0.3 is 12.1 Å². The van der Waals surface area contributed by atoms with Gasteiger partial charge in [-0.05, 0) is 42.0 Å². The molecule has 0 fully saturated rings. The number of amides is 1. The molecule has 29 heavy (non-hydrogen) atoms. The first-order valence-corrected chi connectivity index (χ1v) is 8.73. The number of ether oxygens (including phenoxy) is 2. The molecule has 0 heterocycles. The second-order valence-corrected chi connectivity index (χ2v) is 6.22. The van der Waals surface area contributed by atoms with Gasteiger partial charge in [0.25, 0.3) is 5.69 Å². The Bertz CT molecular complexity index is 1060. The summed E-state index contributed by atoms with van der Waals surface area (Å²) in [6.45, 7) is 1.53. The summed E-state index contributed by atoms with van der Waals surface area (Å²) in [5.74, 6) is -0.498. The van der Waals surface area contributed by atoms with E-state index in [0.717, 1.165) is 10.8 Å². The van der Waals surface area contributed by atoms with Crippen LogP contribution in [0.15, 0.2) is 66.7 Å². The van der Waals surface area contributed by atoms with Crippen molar-refractivity contribution in [3.05, 3.63) is 76.8 Å². The van der Waals surface area contributed by atoms with Crippen LogP contribution in [0.25, 0.3) is 10.8 Å². The van der Waals surface area contributed by atoms with Crippen LogP contribution >= 0.6 is 0 Å². The average molecular weight is 394 g/mol. The fourth-order valence-corrected chi connectivity index (χ4v) is 2.88. The number of hydrogen-bond donors (Lipinski definition) is 0. The Morgan fingerprint density at radius 2 is 1.66 bits per heavy atom. The molecule has 148 valence electrons. The number of non-ortho nitro benzene ring substituents is 1. The Labute approximate surface area is 166 Å². The molecule has 0 radical (unpaired) electrons. The molecular formula is C21H18N2O6. The summed E-state index contributed by atoms with van der Waals surface area (Å²) in [6.07, 6.45) is -0.813. The summed E-state index contributed by atoms with van der Waals surface area (Å²) in [6, 6.07) is 17.0. The number of rotatable bonds is 5. The van der Waals surface area contributed by atoms with E-state index in [4.69, 9.17) is 9.47 Å². The molecule has 3 rings (SSSR count). The fraction of sp³-hybridized carbons (Fsp3) is 0.143. The van der Waals surface area contributed by atoms with E-state index in [1.54, 1.807) is 12.1 Å². The molecule has 8 heteroatoms. The number of methoxy groups -OCH3 is 1. The summed E-state index contributed by atoms with van der Waals surface area (Å²) in [4.78, 5) is 36.4. The third-order valence-corrected chi connectivity index (χ3v) is 4.39. The standard InChI is InChI=1S/C21H18N2O6/c1-14(20(24)28-2)22(18-8-7-15-5-3-4-6-16(15)13-18)21(25)29-19-11-9-17(10-12-19)23(26)27/h3-14H,1-2H3/t14-/m0/s1. The van der Waals surface area contributed by atoms with Crippen LogP contribution in [0, 0.1) is 10.1 Å². The third-order valence-electron chi connectivity index (χ3n) is 4.39. The van der Waals surface area contributed by atoms with E-state index in [1.807, 2.05) is 30.3 Å². The van der Waals surface area contributed by atoms with Gasteiger partial charge in [0.1, 0.15) is 11.8 Å². The maximum absolute atomic E-state index is 12.9. The van der Waals surface area contributed by atoms with Crippen LogP contribution in [-0.4, -0.2) is 30.1 Å². The second-order valence-electron chi connectivity index (χ2n) is 6.22. The lowest BCUT2D eigenvalue weighted by Gasteiger charge is -2.27. The fourth-order valence-electron chi connectivity index (χ4n) is 2.88. The summed E-state index contributed by atoms with van der Waals surface area (Å²) in [5.41, 5.74) is 0.327. The minimum atomic E-state index is -0.952. The van der Waals surface area contributed by atoms with E-state index in [9.17, 15) is 19.7 Å². The first kappa shape index (κ1) is 19.8. The number of benzene rings is 3. The molecule has 0 spiro atoms. The first-order chi connectivity index (χ1) is 13.9. The normalized spacial score (nSPS) is 11.5. The smallest absolute Gasteiger partial charge is 0.420 e. The molecule has 0 N–H and O–H groups in total. The third kappa shape index (κ3) is 4.32.